The Bertz CT molecular complexity index is 324. The van der Waals surface area contributed by atoms with Crippen LogP contribution in [0.15, 0.2) is 24.3 Å². The lowest BCUT2D eigenvalue weighted by atomic mass is 9.98. The third-order valence-corrected chi connectivity index (χ3v) is 3.62. The molecule has 96 valence electrons. The topological polar surface area (TPSA) is 12.0 Å². The second kappa shape index (κ2) is 6.20. The molecule has 1 aromatic rings. The lowest BCUT2D eigenvalue weighted by molar-refractivity contribution is 0.389. The van der Waals surface area contributed by atoms with E-state index in [9.17, 15) is 0 Å². The molecule has 0 amide bonds. The van der Waals surface area contributed by atoms with E-state index in [4.69, 9.17) is 0 Å². The highest BCUT2D eigenvalue weighted by molar-refractivity contribution is 5.26. The van der Waals surface area contributed by atoms with Crippen LogP contribution >= 0.6 is 0 Å². The van der Waals surface area contributed by atoms with Gasteiger partial charge in [0.1, 0.15) is 0 Å². The van der Waals surface area contributed by atoms with Gasteiger partial charge in [0.25, 0.3) is 0 Å². The van der Waals surface area contributed by atoms with E-state index in [0.717, 1.165) is 0 Å². The zero-order chi connectivity index (χ0) is 13.0. The van der Waals surface area contributed by atoms with Gasteiger partial charge in [-0.05, 0) is 36.8 Å². The molecule has 17 heavy (non-hydrogen) atoms. The van der Waals surface area contributed by atoms with Crippen molar-refractivity contribution in [3.63, 3.8) is 0 Å². The summed E-state index contributed by atoms with van der Waals surface area (Å²) >= 11 is 0. The number of benzene rings is 1. The average molecular weight is 233 g/mol. The molecule has 2 atom stereocenters. The molecule has 0 heterocycles. The summed E-state index contributed by atoms with van der Waals surface area (Å²) in [6.45, 7) is 13.5. The van der Waals surface area contributed by atoms with E-state index in [1.54, 1.807) is 0 Å². The molecule has 2 unspecified atom stereocenters. The second-order valence-electron chi connectivity index (χ2n) is 5.74. The van der Waals surface area contributed by atoms with E-state index in [1.165, 1.54) is 11.1 Å². The van der Waals surface area contributed by atoms with Gasteiger partial charge < -0.3 is 5.32 Å². The van der Waals surface area contributed by atoms with Crippen LogP contribution in [-0.4, -0.2) is 6.04 Å². The molecule has 1 N–H and O–H groups in total. The maximum absolute atomic E-state index is 3.64. The highest BCUT2D eigenvalue weighted by atomic mass is 14.9. The lowest BCUT2D eigenvalue weighted by Gasteiger charge is -2.23. The summed E-state index contributed by atoms with van der Waals surface area (Å²) in [6.07, 6.45) is 0. The van der Waals surface area contributed by atoms with Crippen molar-refractivity contribution in [2.75, 3.05) is 0 Å². The van der Waals surface area contributed by atoms with E-state index >= 15 is 0 Å². The van der Waals surface area contributed by atoms with Crippen molar-refractivity contribution < 1.29 is 0 Å². The first kappa shape index (κ1) is 14.2. The minimum Gasteiger partial charge on any atom is -0.307 e. The molecule has 0 bridgehead atoms. The standard InChI is InChI=1S/C16H27N/c1-11(2)13(5)17-14(6)16-9-7-15(8-10-16)12(3)4/h7-14,17H,1-6H3. The zero-order valence-corrected chi connectivity index (χ0v) is 12.1. The predicted molar refractivity (Wildman–Crippen MR) is 76.4 cm³/mol. The predicted octanol–water partition coefficient (Wildman–Crippen LogP) is 4.51. The van der Waals surface area contributed by atoms with Crippen molar-refractivity contribution in [2.24, 2.45) is 5.92 Å². The van der Waals surface area contributed by atoms with E-state index in [0.29, 0.717) is 23.9 Å². The summed E-state index contributed by atoms with van der Waals surface area (Å²) in [5, 5.41) is 3.64. The van der Waals surface area contributed by atoms with Crippen LogP contribution in [0.1, 0.15) is 64.6 Å². The molecule has 0 spiro atoms. The fourth-order valence-electron chi connectivity index (χ4n) is 1.85. The first-order valence-corrected chi connectivity index (χ1v) is 6.77. The molecule has 0 aliphatic carbocycles. The highest BCUT2D eigenvalue weighted by Crippen LogP contribution is 2.19. The zero-order valence-electron chi connectivity index (χ0n) is 12.1. The van der Waals surface area contributed by atoms with E-state index < -0.39 is 0 Å². The third kappa shape index (κ3) is 4.16. The molecular formula is C16H27N. The number of hydrogen-bond acceptors (Lipinski definition) is 1. The Hall–Kier alpha value is -0.820. The molecular weight excluding hydrogens is 206 g/mol. The fraction of sp³-hybridized carbons (Fsp3) is 0.625. The van der Waals surface area contributed by atoms with Crippen LogP contribution in [0.5, 0.6) is 0 Å². The van der Waals surface area contributed by atoms with Gasteiger partial charge in [-0.15, -0.1) is 0 Å². The highest BCUT2D eigenvalue weighted by Gasteiger charge is 2.12. The van der Waals surface area contributed by atoms with Gasteiger partial charge in [0.05, 0.1) is 0 Å². The molecule has 1 aromatic carbocycles. The maximum Gasteiger partial charge on any atom is 0.0294 e. The van der Waals surface area contributed by atoms with Crippen molar-refractivity contribution >= 4 is 0 Å². The number of rotatable bonds is 5. The van der Waals surface area contributed by atoms with E-state index in [2.05, 4.69) is 71.1 Å². The van der Waals surface area contributed by atoms with Crippen LogP contribution in [0.4, 0.5) is 0 Å². The minimum absolute atomic E-state index is 0.425. The number of hydrogen-bond donors (Lipinski definition) is 1. The number of nitrogens with one attached hydrogen (secondary N) is 1. The Kier molecular flexibility index (Phi) is 5.20. The molecule has 0 fully saturated rings. The summed E-state index contributed by atoms with van der Waals surface area (Å²) in [5.41, 5.74) is 2.79. The quantitative estimate of drug-likeness (QED) is 0.789. The van der Waals surface area contributed by atoms with Crippen LogP contribution in [0.3, 0.4) is 0 Å². The van der Waals surface area contributed by atoms with E-state index in [-0.39, 0.29) is 0 Å². The van der Waals surface area contributed by atoms with Gasteiger partial charge in [0.2, 0.25) is 0 Å². The molecule has 1 rings (SSSR count). The first-order valence-electron chi connectivity index (χ1n) is 6.77. The van der Waals surface area contributed by atoms with Gasteiger partial charge in [-0.2, -0.15) is 0 Å². The summed E-state index contributed by atoms with van der Waals surface area (Å²) in [6, 6.07) is 9.97. The van der Waals surface area contributed by atoms with Gasteiger partial charge >= 0.3 is 0 Å². The summed E-state index contributed by atoms with van der Waals surface area (Å²) in [4.78, 5) is 0. The maximum atomic E-state index is 3.64. The molecule has 0 saturated carbocycles. The van der Waals surface area contributed by atoms with Crippen LogP contribution in [-0.2, 0) is 0 Å². The Morgan fingerprint density at radius 2 is 1.24 bits per heavy atom. The Morgan fingerprint density at radius 3 is 1.65 bits per heavy atom. The minimum atomic E-state index is 0.425. The monoisotopic (exact) mass is 233 g/mol. The molecule has 1 heteroatoms. The Balaban J connectivity index is 2.66. The van der Waals surface area contributed by atoms with Gasteiger partial charge in [-0.3, -0.25) is 0 Å². The van der Waals surface area contributed by atoms with Gasteiger partial charge in [-0.25, -0.2) is 0 Å². The second-order valence-corrected chi connectivity index (χ2v) is 5.74. The Labute approximate surface area is 107 Å². The summed E-state index contributed by atoms with van der Waals surface area (Å²) in [7, 11) is 0. The molecule has 0 saturated heterocycles. The largest absolute Gasteiger partial charge is 0.307 e. The van der Waals surface area contributed by atoms with Gasteiger partial charge in [-0.1, -0.05) is 52.0 Å². The van der Waals surface area contributed by atoms with Gasteiger partial charge in [0, 0.05) is 12.1 Å². The normalized spacial score (nSPS) is 15.3. The average Bonchev–Trinajstić information content (AvgIpc) is 2.28. The third-order valence-electron chi connectivity index (χ3n) is 3.62. The lowest BCUT2D eigenvalue weighted by Crippen LogP contribution is -2.32. The SMILES string of the molecule is CC(C)c1ccc(C(C)NC(C)C(C)C)cc1. The van der Waals surface area contributed by atoms with Crippen molar-refractivity contribution in [2.45, 2.75) is 59.5 Å². The molecule has 0 aliphatic heterocycles. The van der Waals surface area contributed by atoms with Crippen molar-refractivity contribution in [1.29, 1.82) is 0 Å². The van der Waals surface area contributed by atoms with Crippen LogP contribution in [0.2, 0.25) is 0 Å². The molecule has 0 aromatic heterocycles. The molecule has 0 aliphatic rings. The van der Waals surface area contributed by atoms with Crippen molar-refractivity contribution in [3.05, 3.63) is 35.4 Å². The van der Waals surface area contributed by atoms with Gasteiger partial charge in [0.15, 0.2) is 0 Å². The summed E-state index contributed by atoms with van der Waals surface area (Å²) < 4.78 is 0. The molecule has 0 radical (unpaired) electrons. The Morgan fingerprint density at radius 1 is 0.765 bits per heavy atom. The summed E-state index contributed by atoms with van der Waals surface area (Å²) in [5.74, 6) is 1.29. The van der Waals surface area contributed by atoms with Crippen LogP contribution in [0.25, 0.3) is 0 Å². The van der Waals surface area contributed by atoms with E-state index in [1.807, 2.05) is 0 Å². The smallest absolute Gasteiger partial charge is 0.0294 e. The molecule has 1 nitrogen and oxygen atoms in total. The van der Waals surface area contributed by atoms with Crippen molar-refractivity contribution in [3.8, 4) is 0 Å². The first-order chi connectivity index (χ1) is 7.91. The van der Waals surface area contributed by atoms with Crippen molar-refractivity contribution in [1.82, 2.24) is 5.32 Å². The van der Waals surface area contributed by atoms with Crippen LogP contribution < -0.4 is 5.32 Å². The van der Waals surface area contributed by atoms with Crippen LogP contribution in [0, 0.1) is 5.92 Å². The fourth-order valence-corrected chi connectivity index (χ4v) is 1.85.